The lowest BCUT2D eigenvalue weighted by molar-refractivity contribution is 0.0318. The van der Waals surface area contributed by atoms with Gasteiger partial charge in [0.1, 0.15) is 5.82 Å². The number of ether oxygens (including phenoxy) is 1. The van der Waals surface area contributed by atoms with Crippen LogP contribution < -0.4 is 10.2 Å². The highest BCUT2D eigenvalue weighted by molar-refractivity contribution is 6.08. The van der Waals surface area contributed by atoms with Crippen LogP contribution in [0.5, 0.6) is 0 Å². The van der Waals surface area contributed by atoms with Crippen LogP contribution in [0.3, 0.4) is 0 Å². The van der Waals surface area contributed by atoms with Gasteiger partial charge in [0.05, 0.1) is 24.4 Å². The summed E-state index contributed by atoms with van der Waals surface area (Å²) < 4.78 is 19.4. The number of β-amino-alcohol motifs (C(OH)–C–C–N with tert-alkyl or cyclic N) is 1. The topological polar surface area (TPSA) is 65.0 Å². The monoisotopic (exact) mass is 427 g/mol. The lowest BCUT2D eigenvalue weighted by Gasteiger charge is -2.34. The predicted molar refractivity (Wildman–Crippen MR) is 119 cm³/mol. The zero-order valence-electron chi connectivity index (χ0n) is 18.2. The average Bonchev–Trinajstić information content (AvgIpc) is 2.73. The highest BCUT2D eigenvalue weighted by Gasteiger charge is 2.25. The number of carbonyl (C=O) groups excluding carboxylic acids is 1. The van der Waals surface area contributed by atoms with Crippen LogP contribution in [-0.4, -0.2) is 60.9 Å². The summed E-state index contributed by atoms with van der Waals surface area (Å²) in [6.45, 7) is 8.26. The molecule has 7 heteroatoms. The third-order valence-corrected chi connectivity index (χ3v) is 5.76. The van der Waals surface area contributed by atoms with Crippen molar-refractivity contribution in [1.82, 2.24) is 4.90 Å². The fourth-order valence-corrected chi connectivity index (χ4v) is 4.43. The van der Waals surface area contributed by atoms with E-state index in [-0.39, 0.29) is 5.91 Å². The Kier molecular flexibility index (Phi) is 6.27. The number of hydrogen-bond donors (Lipinski definition) is 2. The maximum atomic E-state index is 14.0. The van der Waals surface area contributed by atoms with Gasteiger partial charge < -0.3 is 20.1 Å². The first-order chi connectivity index (χ1) is 14.8. The number of aliphatic hydroxyl groups is 1. The Morgan fingerprint density at radius 3 is 2.71 bits per heavy atom. The van der Waals surface area contributed by atoms with Crippen LogP contribution in [0.4, 0.5) is 15.8 Å². The molecule has 166 valence electrons. The summed E-state index contributed by atoms with van der Waals surface area (Å²) in [4.78, 5) is 17.5. The fourth-order valence-electron chi connectivity index (χ4n) is 4.43. The van der Waals surface area contributed by atoms with Crippen LogP contribution in [-0.2, 0) is 17.7 Å². The molecule has 0 atom stereocenters. The Morgan fingerprint density at radius 2 is 1.97 bits per heavy atom. The van der Waals surface area contributed by atoms with Gasteiger partial charge in [-0.15, -0.1) is 0 Å². The number of nitrogens with zero attached hydrogens (tertiary/aromatic N) is 2. The van der Waals surface area contributed by atoms with Crippen LogP contribution in [0.2, 0.25) is 0 Å². The molecule has 1 saturated heterocycles. The van der Waals surface area contributed by atoms with Crippen molar-refractivity contribution >= 4 is 17.3 Å². The number of nitrogens with one attached hydrogen (secondary N) is 1. The first kappa shape index (κ1) is 21.7. The molecule has 2 aromatic carbocycles. The largest absolute Gasteiger partial charge is 0.389 e. The molecule has 0 radical (unpaired) electrons. The van der Waals surface area contributed by atoms with Crippen molar-refractivity contribution in [3.05, 3.63) is 58.9 Å². The van der Waals surface area contributed by atoms with E-state index in [1.54, 1.807) is 6.07 Å². The van der Waals surface area contributed by atoms with Crippen LogP contribution >= 0.6 is 0 Å². The Bertz CT molecular complexity index is 952. The van der Waals surface area contributed by atoms with E-state index in [0.717, 1.165) is 42.0 Å². The number of rotatable bonds is 5. The van der Waals surface area contributed by atoms with Crippen LogP contribution in [0, 0.1) is 5.82 Å². The SMILES string of the molecule is CC(C)(O)CN1CCc2c(cccc2NC(=O)c2cc(F)ccc2N2CCOCC2)C1. The molecule has 4 rings (SSSR count). The van der Waals surface area contributed by atoms with Crippen molar-refractivity contribution in [2.45, 2.75) is 32.4 Å². The lowest BCUT2D eigenvalue weighted by Crippen LogP contribution is -2.41. The molecular weight excluding hydrogens is 397 g/mol. The van der Waals surface area contributed by atoms with Gasteiger partial charge in [-0.2, -0.15) is 0 Å². The van der Waals surface area contributed by atoms with Crippen molar-refractivity contribution < 1.29 is 19.0 Å². The molecule has 0 spiro atoms. The summed E-state index contributed by atoms with van der Waals surface area (Å²) in [6, 6.07) is 10.3. The third kappa shape index (κ3) is 5.23. The number of carbonyl (C=O) groups is 1. The zero-order chi connectivity index (χ0) is 22.0. The van der Waals surface area contributed by atoms with Gasteiger partial charge >= 0.3 is 0 Å². The molecule has 1 fully saturated rings. The van der Waals surface area contributed by atoms with Gasteiger partial charge in [0, 0.05) is 44.1 Å². The van der Waals surface area contributed by atoms with Crippen molar-refractivity contribution in [3.63, 3.8) is 0 Å². The van der Waals surface area contributed by atoms with E-state index >= 15 is 0 Å². The Morgan fingerprint density at radius 1 is 1.19 bits per heavy atom. The molecule has 0 bridgehead atoms. The van der Waals surface area contributed by atoms with Crippen molar-refractivity contribution in [2.24, 2.45) is 0 Å². The number of hydrogen-bond acceptors (Lipinski definition) is 5. The van der Waals surface area contributed by atoms with Gasteiger partial charge in [-0.05, 0) is 55.7 Å². The molecule has 2 aliphatic heterocycles. The zero-order valence-corrected chi connectivity index (χ0v) is 18.2. The first-order valence-corrected chi connectivity index (χ1v) is 10.8. The number of anilines is 2. The third-order valence-electron chi connectivity index (χ3n) is 5.76. The summed E-state index contributed by atoms with van der Waals surface area (Å²) >= 11 is 0. The minimum absolute atomic E-state index is 0.312. The minimum Gasteiger partial charge on any atom is -0.389 e. The summed E-state index contributed by atoms with van der Waals surface area (Å²) in [5.74, 6) is -0.743. The molecule has 2 heterocycles. The molecule has 0 aromatic heterocycles. The Balaban J connectivity index is 1.55. The van der Waals surface area contributed by atoms with E-state index in [4.69, 9.17) is 4.74 Å². The molecule has 6 nitrogen and oxygen atoms in total. The van der Waals surface area contributed by atoms with E-state index in [1.807, 2.05) is 26.0 Å². The van der Waals surface area contributed by atoms with E-state index in [1.165, 1.54) is 12.1 Å². The quantitative estimate of drug-likeness (QED) is 0.768. The molecule has 2 N–H and O–H groups in total. The van der Waals surface area contributed by atoms with Crippen molar-refractivity contribution in [1.29, 1.82) is 0 Å². The number of morpholine rings is 1. The van der Waals surface area contributed by atoms with Crippen molar-refractivity contribution in [2.75, 3.05) is 49.6 Å². The smallest absolute Gasteiger partial charge is 0.257 e. The van der Waals surface area contributed by atoms with Crippen molar-refractivity contribution in [3.8, 4) is 0 Å². The molecule has 2 aliphatic rings. The van der Waals surface area contributed by atoms with Crippen LogP contribution in [0.1, 0.15) is 35.3 Å². The highest BCUT2D eigenvalue weighted by Crippen LogP contribution is 2.29. The second-order valence-corrected chi connectivity index (χ2v) is 8.93. The number of amides is 1. The summed E-state index contributed by atoms with van der Waals surface area (Å²) in [6.07, 6.45) is 0.779. The summed E-state index contributed by atoms with van der Waals surface area (Å²) in [5.41, 5.74) is 3.31. The number of halogens is 1. The van der Waals surface area contributed by atoms with E-state index in [9.17, 15) is 14.3 Å². The number of benzene rings is 2. The van der Waals surface area contributed by atoms with Gasteiger partial charge in [-0.3, -0.25) is 9.69 Å². The Hall–Kier alpha value is -2.48. The Labute approximate surface area is 182 Å². The highest BCUT2D eigenvalue weighted by atomic mass is 19.1. The normalized spacial score (nSPS) is 17.4. The maximum absolute atomic E-state index is 14.0. The molecule has 31 heavy (non-hydrogen) atoms. The first-order valence-electron chi connectivity index (χ1n) is 10.8. The predicted octanol–water partition coefficient (Wildman–Crippen LogP) is 3.04. The van der Waals surface area contributed by atoms with Gasteiger partial charge in [0.15, 0.2) is 0 Å². The molecular formula is C24H30FN3O3. The van der Waals surface area contributed by atoms with Gasteiger partial charge in [0.25, 0.3) is 5.91 Å². The lowest BCUT2D eigenvalue weighted by atomic mass is 9.96. The second-order valence-electron chi connectivity index (χ2n) is 8.93. The van der Waals surface area contributed by atoms with E-state index < -0.39 is 11.4 Å². The van der Waals surface area contributed by atoms with E-state index in [2.05, 4.69) is 21.2 Å². The molecule has 0 unspecified atom stereocenters. The standard InChI is InChI=1S/C24H30FN3O3/c1-24(2,30)16-27-9-8-19-17(15-27)4-3-5-21(19)26-23(29)20-14-18(25)6-7-22(20)28-10-12-31-13-11-28/h3-7,14,30H,8-13,15-16H2,1-2H3,(H,26,29). The van der Waals surface area contributed by atoms with Gasteiger partial charge in [-0.1, -0.05) is 12.1 Å². The average molecular weight is 428 g/mol. The van der Waals surface area contributed by atoms with Crippen LogP contribution in [0.25, 0.3) is 0 Å². The van der Waals surface area contributed by atoms with Crippen LogP contribution in [0.15, 0.2) is 36.4 Å². The molecule has 1 amide bonds. The molecule has 0 aliphatic carbocycles. The minimum atomic E-state index is -0.753. The van der Waals surface area contributed by atoms with Gasteiger partial charge in [0.2, 0.25) is 0 Å². The van der Waals surface area contributed by atoms with E-state index in [0.29, 0.717) is 38.4 Å². The number of fused-ring (bicyclic) bond motifs is 1. The maximum Gasteiger partial charge on any atom is 0.257 e. The fraction of sp³-hybridized carbons (Fsp3) is 0.458. The molecule has 2 aromatic rings. The summed E-state index contributed by atoms with van der Waals surface area (Å²) in [5, 5.41) is 13.2. The van der Waals surface area contributed by atoms with Gasteiger partial charge in [-0.25, -0.2) is 4.39 Å². The molecule has 0 saturated carbocycles. The summed E-state index contributed by atoms with van der Waals surface area (Å²) in [7, 11) is 0. The second kappa shape index (κ2) is 8.94.